The summed E-state index contributed by atoms with van der Waals surface area (Å²) in [7, 11) is 0. The second-order valence-corrected chi connectivity index (χ2v) is 12.3. The van der Waals surface area contributed by atoms with E-state index in [9.17, 15) is 50.8 Å². The minimum atomic E-state index is -1.90. The molecule has 0 bridgehead atoms. The summed E-state index contributed by atoms with van der Waals surface area (Å²) < 4.78 is 39.4. The molecule has 17 heteroatoms. The van der Waals surface area contributed by atoms with Crippen molar-refractivity contribution in [2.75, 3.05) is 0 Å². The molecule has 44 heavy (non-hydrogen) atoms. The molecule has 256 valence electrons. The van der Waals surface area contributed by atoms with Crippen LogP contribution >= 0.6 is 0 Å². The monoisotopic (exact) mass is 642 g/mol. The quantitative estimate of drug-likeness (QED) is 0.126. The van der Waals surface area contributed by atoms with Crippen LogP contribution < -0.4 is 0 Å². The molecule has 4 saturated heterocycles. The van der Waals surface area contributed by atoms with Gasteiger partial charge in [0.25, 0.3) is 0 Å². The third-order valence-corrected chi connectivity index (χ3v) is 9.02. The average molecular weight is 643 g/mol. The molecule has 20 unspecified atom stereocenters. The van der Waals surface area contributed by atoms with Gasteiger partial charge in [0.2, 0.25) is 0 Å². The van der Waals surface area contributed by atoms with E-state index in [0.29, 0.717) is 0 Å². The molecule has 0 aromatic rings. The third-order valence-electron chi connectivity index (χ3n) is 9.02. The Kier molecular flexibility index (Phi) is 11.1. The first kappa shape index (κ1) is 35.9. The molecule has 20 atom stereocenters. The van der Waals surface area contributed by atoms with E-state index in [1.807, 2.05) is 0 Å². The van der Waals surface area contributed by atoms with E-state index in [1.54, 1.807) is 13.8 Å². The molecule has 0 aromatic heterocycles. The highest BCUT2D eigenvalue weighted by Crippen LogP contribution is 2.35. The molecular weight excluding hydrogens is 596 g/mol. The lowest BCUT2D eigenvalue weighted by atomic mass is 9.86. The fourth-order valence-electron chi connectivity index (χ4n) is 5.90. The van der Waals surface area contributed by atoms with Crippen LogP contribution in [-0.2, 0) is 38.0 Å². The van der Waals surface area contributed by atoms with Crippen molar-refractivity contribution in [2.45, 2.75) is 164 Å². The molecule has 0 aliphatic carbocycles. The predicted molar refractivity (Wildman–Crippen MR) is 141 cm³/mol. The highest BCUT2D eigenvalue weighted by atomic mass is 16.8. The van der Waals surface area contributed by atoms with Crippen molar-refractivity contribution in [3.63, 3.8) is 0 Å². The zero-order valence-corrected chi connectivity index (χ0v) is 25.3. The molecule has 9 N–H and O–H groups in total. The van der Waals surface area contributed by atoms with Crippen LogP contribution in [0.1, 0.15) is 41.5 Å². The second kappa shape index (κ2) is 13.6. The van der Waals surface area contributed by atoms with Gasteiger partial charge in [0.05, 0.1) is 24.4 Å². The lowest BCUT2D eigenvalue weighted by Crippen LogP contribution is -2.68. The highest BCUT2D eigenvalue weighted by Gasteiger charge is 2.56. The molecule has 17 nitrogen and oxygen atoms in total. The normalized spacial score (nSPS) is 55.5. The number of hydrogen-bond donors (Lipinski definition) is 9. The fraction of sp³-hybridized carbons (Fsp3) is 0.963. The average Bonchev–Trinajstić information content (AvgIpc) is 2.95. The van der Waals surface area contributed by atoms with Crippen LogP contribution in [0.5, 0.6) is 0 Å². The maximum atomic E-state index is 12.5. The van der Waals surface area contributed by atoms with E-state index in [-0.39, 0.29) is 0 Å². The Morgan fingerprint density at radius 1 is 0.568 bits per heavy atom. The van der Waals surface area contributed by atoms with Gasteiger partial charge in [0, 0.05) is 0 Å². The summed E-state index contributed by atoms with van der Waals surface area (Å²) in [6, 6.07) is 0. The first-order valence-electron chi connectivity index (χ1n) is 14.6. The Labute approximate surface area is 253 Å². The van der Waals surface area contributed by atoms with Crippen molar-refractivity contribution < 1.29 is 83.9 Å². The van der Waals surface area contributed by atoms with Crippen LogP contribution in [0.2, 0.25) is 0 Å². The van der Waals surface area contributed by atoms with Gasteiger partial charge in [-0.25, -0.2) is 0 Å². The molecular formula is C27H46O17. The molecule has 4 heterocycles. The largest absolute Gasteiger partial charge is 0.388 e. The molecule has 4 aliphatic heterocycles. The van der Waals surface area contributed by atoms with Gasteiger partial charge in [-0.2, -0.15) is 0 Å². The van der Waals surface area contributed by atoms with Gasteiger partial charge < -0.3 is 79.1 Å². The van der Waals surface area contributed by atoms with Crippen molar-refractivity contribution in [3.05, 3.63) is 0 Å². The van der Waals surface area contributed by atoms with Crippen LogP contribution in [0.25, 0.3) is 0 Å². The van der Waals surface area contributed by atoms with Crippen LogP contribution in [-0.4, -0.2) is 174 Å². The summed E-state index contributed by atoms with van der Waals surface area (Å²) in [6.07, 6.45) is -27.5. The first-order valence-corrected chi connectivity index (χ1v) is 14.6. The van der Waals surface area contributed by atoms with E-state index in [2.05, 4.69) is 0 Å². The van der Waals surface area contributed by atoms with Crippen LogP contribution in [0.3, 0.4) is 0 Å². The topological polar surface area (TPSA) is 264 Å². The van der Waals surface area contributed by atoms with Crippen molar-refractivity contribution in [2.24, 2.45) is 0 Å². The van der Waals surface area contributed by atoms with Gasteiger partial charge in [0.1, 0.15) is 78.8 Å². The maximum Gasteiger partial charge on any atom is 0.187 e. The van der Waals surface area contributed by atoms with Crippen molar-refractivity contribution in [3.8, 4) is 0 Å². The highest BCUT2D eigenvalue weighted by molar-refractivity contribution is 5.81. The minimum Gasteiger partial charge on any atom is -0.388 e. The summed E-state index contributed by atoms with van der Waals surface area (Å²) >= 11 is 0. The van der Waals surface area contributed by atoms with Crippen molar-refractivity contribution >= 4 is 5.78 Å². The molecule has 0 radical (unpaired) electrons. The summed E-state index contributed by atoms with van der Waals surface area (Å²) in [6.45, 7) is 8.40. The van der Waals surface area contributed by atoms with Gasteiger partial charge in [-0.05, 0) is 41.5 Å². The summed E-state index contributed by atoms with van der Waals surface area (Å²) in [4.78, 5) is 12.5. The number of aliphatic hydroxyl groups excluding tert-OH is 8. The molecule has 0 spiro atoms. The standard InChI is InChI=1S/C27H46O17/c1-7(28)19-22(44-26-18(35)23(36)27(6,37)11(5)40-26)15(32)17(34)25(41-19)43-21-10(4)39-24(16(33)14(21)31)42-20-9(3)38-8(2)12(29)13(20)30/h8-26,29-37H,1-6H3. The van der Waals surface area contributed by atoms with Gasteiger partial charge in [0.15, 0.2) is 24.7 Å². The Bertz CT molecular complexity index is 984. The Morgan fingerprint density at radius 2 is 1.00 bits per heavy atom. The van der Waals surface area contributed by atoms with Crippen LogP contribution in [0.4, 0.5) is 0 Å². The van der Waals surface area contributed by atoms with Gasteiger partial charge in [-0.15, -0.1) is 0 Å². The van der Waals surface area contributed by atoms with Crippen molar-refractivity contribution in [1.29, 1.82) is 0 Å². The van der Waals surface area contributed by atoms with E-state index in [0.717, 1.165) is 6.92 Å². The Balaban J connectivity index is 1.43. The van der Waals surface area contributed by atoms with Gasteiger partial charge in [-0.3, -0.25) is 4.79 Å². The van der Waals surface area contributed by atoms with Crippen LogP contribution in [0, 0.1) is 0 Å². The van der Waals surface area contributed by atoms with E-state index in [1.165, 1.54) is 20.8 Å². The molecule has 4 fully saturated rings. The summed E-state index contributed by atoms with van der Waals surface area (Å²) in [5, 5.41) is 95.4. The van der Waals surface area contributed by atoms with E-state index < -0.39 is 128 Å². The smallest absolute Gasteiger partial charge is 0.187 e. The minimum absolute atomic E-state index is 0.674. The summed E-state index contributed by atoms with van der Waals surface area (Å²) in [5.41, 5.74) is -1.84. The number of ether oxygens (including phenoxy) is 7. The molecule has 0 amide bonds. The number of carbonyl (C=O) groups excluding carboxylic acids is 1. The molecule has 0 saturated carbocycles. The third kappa shape index (κ3) is 6.70. The Morgan fingerprint density at radius 3 is 1.55 bits per heavy atom. The summed E-state index contributed by atoms with van der Waals surface area (Å²) in [5.74, 6) is -0.679. The zero-order chi connectivity index (χ0) is 33.0. The Hall–Kier alpha value is -0.970. The SMILES string of the molecule is CC(=O)C1OC(OC2C(C)OC(OC3C(C)OC(C)C(O)C3O)C(O)C2O)C(O)C(O)C1OC1OC(C)C(C)(O)C(O)C1O. The number of Topliss-reactive ketones (excluding diaryl/α,β-unsaturated/α-hetero) is 1. The number of ketones is 1. The lowest BCUT2D eigenvalue weighted by Gasteiger charge is -2.49. The first-order chi connectivity index (χ1) is 20.4. The number of carbonyl (C=O) groups is 1. The lowest BCUT2D eigenvalue weighted by molar-refractivity contribution is -0.380. The maximum absolute atomic E-state index is 12.5. The fourth-order valence-corrected chi connectivity index (χ4v) is 5.90. The number of rotatable bonds is 7. The van der Waals surface area contributed by atoms with E-state index in [4.69, 9.17) is 33.2 Å². The number of hydrogen-bond acceptors (Lipinski definition) is 17. The predicted octanol–water partition coefficient (Wildman–Crippen LogP) is -4.61. The molecule has 4 aliphatic rings. The van der Waals surface area contributed by atoms with Crippen molar-refractivity contribution in [1.82, 2.24) is 0 Å². The van der Waals surface area contributed by atoms with E-state index >= 15 is 0 Å². The second-order valence-electron chi connectivity index (χ2n) is 12.3. The van der Waals surface area contributed by atoms with Gasteiger partial charge >= 0.3 is 0 Å². The molecule has 4 rings (SSSR count). The zero-order valence-electron chi connectivity index (χ0n) is 25.3. The van der Waals surface area contributed by atoms with Crippen LogP contribution in [0.15, 0.2) is 0 Å². The molecule has 0 aromatic carbocycles. The van der Waals surface area contributed by atoms with Gasteiger partial charge in [-0.1, -0.05) is 0 Å². The number of aliphatic hydroxyl groups is 9.